The molecule has 0 saturated carbocycles. The predicted molar refractivity (Wildman–Crippen MR) is 53.4 cm³/mol. The van der Waals surface area contributed by atoms with Gasteiger partial charge in [0.05, 0.1) is 5.60 Å². The fourth-order valence-electron chi connectivity index (χ4n) is 1.38. The summed E-state index contributed by atoms with van der Waals surface area (Å²) in [6.45, 7) is 4.37. The highest BCUT2D eigenvalue weighted by atomic mass is 16.5. The molecule has 0 unspecified atom stereocenters. The van der Waals surface area contributed by atoms with E-state index in [4.69, 9.17) is 14.6 Å². The Morgan fingerprint density at radius 2 is 1.93 bits per heavy atom. The van der Waals surface area contributed by atoms with Crippen molar-refractivity contribution in [1.82, 2.24) is 0 Å². The third-order valence-electron chi connectivity index (χ3n) is 2.55. The van der Waals surface area contributed by atoms with Crippen molar-refractivity contribution in [2.24, 2.45) is 0 Å². The van der Waals surface area contributed by atoms with Gasteiger partial charge in [-0.1, -0.05) is 13.8 Å². The third kappa shape index (κ3) is 4.58. The molecule has 0 aromatic carbocycles. The fourth-order valence-corrected chi connectivity index (χ4v) is 1.38. The summed E-state index contributed by atoms with van der Waals surface area (Å²) in [6, 6.07) is 0. The molecule has 0 heterocycles. The third-order valence-corrected chi connectivity index (χ3v) is 2.55. The standard InChI is InChI=1S/C10H20O4/c1-4-10(5-2,6-7-13-3)14-8-9(11)12/h4-8H2,1-3H3,(H,11,12). The minimum absolute atomic E-state index is 0.231. The maximum absolute atomic E-state index is 10.4. The number of aliphatic carboxylic acids is 1. The largest absolute Gasteiger partial charge is 0.480 e. The predicted octanol–water partition coefficient (Wildman–Crippen LogP) is 1.68. The van der Waals surface area contributed by atoms with Crippen molar-refractivity contribution in [3.05, 3.63) is 0 Å². The molecule has 14 heavy (non-hydrogen) atoms. The SMILES string of the molecule is CCC(CC)(CCOC)OCC(=O)O. The van der Waals surface area contributed by atoms with Gasteiger partial charge in [-0.05, 0) is 19.3 Å². The summed E-state index contributed by atoms with van der Waals surface area (Å²) in [7, 11) is 1.63. The van der Waals surface area contributed by atoms with E-state index in [1.807, 2.05) is 13.8 Å². The van der Waals surface area contributed by atoms with Gasteiger partial charge in [0.25, 0.3) is 0 Å². The molecule has 0 aromatic heterocycles. The van der Waals surface area contributed by atoms with Crippen LogP contribution in [0.2, 0.25) is 0 Å². The Balaban J connectivity index is 4.13. The van der Waals surface area contributed by atoms with Crippen LogP contribution in [0.1, 0.15) is 33.1 Å². The number of hydrogen-bond acceptors (Lipinski definition) is 3. The van der Waals surface area contributed by atoms with Crippen LogP contribution >= 0.6 is 0 Å². The van der Waals surface area contributed by atoms with Gasteiger partial charge in [0.1, 0.15) is 6.61 Å². The second-order valence-corrected chi connectivity index (χ2v) is 3.32. The second-order valence-electron chi connectivity index (χ2n) is 3.32. The molecule has 4 heteroatoms. The molecule has 0 aliphatic heterocycles. The van der Waals surface area contributed by atoms with Crippen molar-refractivity contribution >= 4 is 5.97 Å². The molecule has 0 aromatic rings. The Morgan fingerprint density at radius 1 is 1.36 bits per heavy atom. The smallest absolute Gasteiger partial charge is 0.329 e. The normalized spacial score (nSPS) is 11.6. The van der Waals surface area contributed by atoms with Gasteiger partial charge in [-0.2, -0.15) is 0 Å². The molecule has 0 spiro atoms. The van der Waals surface area contributed by atoms with Crippen molar-refractivity contribution < 1.29 is 19.4 Å². The van der Waals surface area contributed by atoms with E-state index in [9.17, 15) is 4.79 Å². The zero-order valence-corrected chi connectivity index (χ0v) is 9.21. The van der Waals surface area contributed by atoms with E-state index < -0.39 is 5.97 Å². The number of carboxylic acid groups (broad SMARTS) is 1. The first-order chi connectivity index (χ1) is 6.60. The minimum Gasteiger partial charge on any atom is -0.480 e. The average molecular weight is 204 g/mol. The summed E-state index contributed by atoms with van der Waals surface area (Å²) in [5.41, 5.74) is -0.339. The van der Waals surface area contributed by atoms with Crippen molar-refractivity contribution in [2.75, 3.05) is 20.3 Å². The zero-order valence-electron chi connectivity index (χ0n) is 9.21. The highest BCUT2D eigenvalue weighted by Gasteiger charge is 2.27. The molecule has 0 bridgehead atoms. The Kier molecular flexibility index (Phi) is 6.49. The lowest BCUT2D eigenvalue weighted by Crippen LogP contribution is -2.34. The number of carbonyl (C=O) groups is 1. The summed E-state index contributed by atoms with van der Waals surface area (Å²) in [5.74, 6) is -0.923. The first-order valence-electron chi connectivity index (χ1n) is 4.95. The molecule has 0 aliphatic carbocycles. The van der Waals surface area contributed by atoms with Crippen LogP contribution in [0, 0.1) is 0 Å². The van der Waals surface area contributed by atoms with Gasteiger partial charge in [0, 0.05) is 13.7 Å². The zero-order chi connectivity index (χ0) is 11.0. The summed E-state index contributed by atoms with van der Waals surface area (Å²) >= 11 is 0. The highest BCUT2D eigenvalue weighted by Crippen LogP contribution is 2.24. The maximum atomic E-state index is 10.4. The molecule has 0 saturated heterocycles. The first-order valence-corrected chi connectivity index (χ1v) is 4.95. The summed E-state index contributed by atoms with van der Waals surface area (Å²) in [6.07, 6.45) is 2.35. The van der Waals surface area contributed by atoms with Crippen LogP contribution in [0.4, 0.5) is 0 Å². The average Bonchev–Trinajstić information content (AvgIpc) is 2.19. The van der Waals surface area contributed by atoms with Gasteiger partial charge in [0.2, 0.25) is 0 Å². The van der Waals surface area contributed by atoms with Crippen LogP contribution in [0.3, 0.4) is 0 Å². The molecular formula is C10H20O4. The Hall–Kier alpha value is -0.610. The maximum Gasteiger partial charge on any atom is 0.329 e. The van der Waals surface area contributed by atoms with Crippen molar-refractivity contribution in [2.45, 2.75) is 38.7 Å². The van der Waals surface area contributed by atoms with Crippen LogP contribution in [0.15, 0.2) is 0 Å². The highest BCUT2D eigenvalue weighted by molar-refractivity contribution is 5.68. The lowest BCUT2D eigenvalue weighted by molar-refractivity contribution is -0.152. The summed E-state index contributed by atoms with van der Waals surface area (Å²) in [5, 5.41) is 8.54. The number of carboxylic acids is 1. The van der Waals surface area contributed by atoms with E-state index >= 15 is 0 Å². The molecule has 1 N–H and O–H groups in total. The van der Waals surface area contributed by atoms with E-state index in [-0.39, 0.29) is 12.2 Å². The van der Waals surface area contributed by atoms with E-state index in [1.54, 1.807) is 7.11 Å². The topological polar surface area (TPSA) is 55.8 Å². The molecule has 0 atom stereocenters. The Labute approximate surface area is 85.2 Å². The lowest BCUT2D eigenvalue weighted by atomic mass is 9.93. The van der Waals surface area contributed by atoms with Crippen LogP contribution in [-0.4, -0.2) is 37.0 Å². The monoisotopic (exact) mass is 204 g/mol. The molecule has 0 amide bonds. The molecule has 0 rings (SSSR count). The number of ether oxygens (including phenoxy) is 2. The molecule has 0 fully saturated rings. The van der Waals surface area contributed by atoms with Crippen LogP contribution in [0.5, 0.6) is 0 Å². The molecule has 0 aliphatic rings. The molecule has 4 nitrogen and oxygen atoms in total. The van der Waals surface area contributed by atoms with Gasteiger partial charge in [-0.3, -0.25) is 0 Å². The molecule has 84 valence electrons. The number of methoxy groups -OCH3 is 1. The Bertz CT molecular complexity index is 164. The second kappa shape index (κ2) is 6.79. The fraction of sp³-hybridized carbons (Fsp3) is 0.900. The summed E-state index contributed by atoms with van der Waals surface area (Å²) < 4.78 is 10.4. The van der Waals surface area contributed by atoms with Gasteiger partial charge >= 0.3 is 5.97 Å². The molecular weight excluding hydrogens is 184 g/mol. The minimum atomic E-state index is -0.923. The van der Waals surface area contributed by atoms with E-state index in [1.165, 1.54) is 0 Å². The van der Waals surface area contributed by atoms with E-state index in [0.29, 0.717) is 6.61 Å². The first kappa shape index (κ1) is 13.4. The van der Waals surface area contributed by atoms with Crippen LogP contribution < -0.4 is 0 Å². The van der Waals surface area contributed by atoms with Gasteiger partial charge < -0.3 is 14.6 Å². The van der Waals surface area contributed by atoms with Crippen molar-refractivity contribution in [3.63, 3.8) is 0 Å². The van der Waals surface area contributed by atoms with Gasteiger partial charge in [-0.15, -0.1) is 0 Å². The van der Waals surface area contributed by atoms with Crippen molar-refractivity contribution in [3.8, 4) is 0 Å². The van der Waals surface area contributed by atoms with Gasteiger partial charge in [0.15, 0.2) is 0 Å². The van der Waals surface area contributed by atoms with Gasteiger partial charge in [-0.25, -0.2) is 4.79 Å². The van der Waals surface area contributed by atoms with Crippen molar-refractivity contribution in [1.29, 1.82) is 0 Å². The number of rotatable bonds is 8. The van der Waals surface area contributed by atoms with E-state index in [0.717, 1.165) is 19.3 Å². The van der Waals surface area contributed by atoms with Crippen LogP contribution in [-0.2, 0) is 14.3 Å². The van der Waals surface area contributed by atoms with E-state index in [2.05, 4.69) is 0 Å². The Morgan fingerprint density at radius 3 is 2.29 bits per heavy atom. The van der Waals surface area contributed by atoms with Crippen LogP contribution in [0.25, 0.3) is 0 Å². The number of hydrogen-bond donors (Lipinski definition) is 1. The summed E-state index contributed by atoms with van der Waals surface area (Å²) in [4.78, 5) is 10.4. The molecule has 0 radical (unpaired) electrons. The lowest BCUT2D eigenvalue weighted by Gasteiger charge is -2.31. The quantitative estimate of drug-likeness (QED) is 0.653.